The molecule has 17 heavy (non-hydrogen) atoms. The van der Waals surface area contributed by atoms with E-state index in [2.05, 4.69) is 18.3 Å². The molecule has 2 rings (SSSR count). The van der Waals surface area contributed by atoms with Gasteiger partial charge in [0.15, 0.2) is 0 Å². The molecule has 1 aliphatic rings. The van der Waals surface area contributed by atoms with E-state index in [1.807, 2.05) is 12.1 Å². The second-order valence-electron chi connectivity index (χ2n) is 4.18. The van der Waals surface area contributed by atoms with E-state index in [1.54, 1.807) is 0 Å². The lowest BCUT2D eigenvalue weighted by atomic mass is 10.0. The third kappa shape index (κ3) is 3.30. The summed E-state index contributed by atoms with van der Waals surface area (Å²) in [6.45, 7) is 3.75. The molecule has 1 N–H and O–H groups in total. The Morgan fingerprint density at radius 1 is 1.35 bits per heavy atom. The molecular weight excluding hydrogens is 217 g/mol. The minimum Gasteiger partial charge on any atom is -0.496 e. The van der Waals surface area contributed by atoms with Crippen LogP contribution in [0.5, 0.6) is 0 Å². The van der Waals surface area contributed by atoms with Gasteiger partial charge in [-0.25, -0.2) is 4.39 Å². The van der Waals surface area contributed by atoms with E-state index in [1.165, 1.54) is 12.1 Å². The van der Waals surface area contributed by atoms with E-state index in [0.717, 1.165) is 37.3 Å². The van der Waals surface area contributed by atoms with Crippen LogP contribution in [0, 0.1) is 5.82 Å². The average molecular weight is 235 g/mol. The molecule has 0 amide bonds. The van der Waals surface area contributed by atoms with Crippen molar-refractivity contribution in [2.45, 2.75) is 25.8 Å². The summed E-state index contributed by atoms with van der Waals surface area (Å²) in [7, 11) is 0. The molecule has 0 saturated carbocycles. The van der Waals surface area contributed by atoms with Crippen molar-refractivity contribution < 1.29 is 9.13 Å². The Balaban J connectivity index is 2.04. The molecular formula is C14H18FNO. The van der Waals surface area contributed by atoms with Crippen molar-refractivity contribution in [2.24, 2.45) is 0 Å². The fraction of sp³-hybridized carbons (Fsp3) is 0.429. The highest BCUT2D eigenvalue weighted by atomic mass is 19.1. The first-order valence-corrected chi connectivity index (χ1v) is 6.10. The van der Waals surface area contributed by atoms with Crippen LogP contribution in [0.1, 0.15) is 18.9 Å². The Labute approximate surface area is 101 Å². The number of ether oxygens (including phenoxy) is 1. The van der Waals surface area contributed by atoms with Gasteiger partial charge in [-0.2, -0.15) is 0 Å². The molecule has 0 radical (unpaired) electrons. The quantitative estimate of drug-likeness (QED) is 0.847. The zero-order valence-electron chi connectivity index (χ0n) is 10.1. The van der Waals surface area contributed by atoms with Crippen molar-refractivity contribution in [3.63, 3.8) is 0 Å². The van der Waals surface area contributed by atoms with Gasteiger partial charge in [0.2, 0.25) is 0 Å². The number of nitrogens with one attached hydrogen (secondary N) is 1. The first-order valence-electron chi connectivity index (χ1n) is 6.10. The molecule has 0 bridgehead atoms. The van der Waals surface area contributed by atoms with Gasteiger partial charge in [-0.3, -0.25) is 0 Å². The van der Waals surface area contributed by atoms with Gasteiger partial charge in [0.1, 0.15) is 11.6 Å². The molecule has 1 aromatic rings. The number of benzene rings is 1. The second kappa shape index (κ2) is 5.82. The summed E-state index contributed by atoms with van der Waals surface area (Å²) in [6, 6.07) is 6.86. The maximum atomic E-state index is 12.8. The lowest BCUT2D eigenvalue weighted by molar-refractivity contribution is 0.215. The third-order valence-corrected chi connectivity index (χ3v) is 2.88. The monoisotopic (exact) mass is 235 g/mol. The summed E-state index contributed by atoms with van der Waals surface area (Å²) in [5, 5.41) is 3.40. The summed E-state index contributed by atoms with van der Waals surface area (Å²) >= 11 is 0. The summed E-state index contributed by atoms with van der Waals surface area (Å²) < 4.78 is 18.4. The van der Waals surface area contributed by atoms with Gasteiger partial charge in [0.05, 0.1) is 12.6 Å². The normalized spacial score (nSPS) is 16.5. The maximum absolute atomic E-state index is 12.8. The van der Waals surface area contributed by atoms with Crippen molar-refractivity contribution in [1.29, 1.82) is 0 Å². The predicted molar refractivity (Wildman–Crippen MR) is 66.2 cm³/mol. The number of likely N-dealkylation sites (N-methyl/N-ethyl adjacent to an activating group) is 1. The molecule has 1 unspecified atom stereocenters. The summed E-state index contributed by atoms with van der Waals surface area (Å²) in [5.74, 6) is 0.834. The molecule has 1 heterocycles. The molecule has 92 valence electrons. The van der Waals surface area contributed by atoms with Crippen LogP contribution in [-0.4, -0.2) is 19.2 Å². The number of hydrogen-bond donors (Lipinski definition) is 1. The Kier molecular flexibility index (Phi) is 4.15. The molecule has 1 aliphatic heterocycles. The van der Waals surface area contributed by atoms with Crippen LogP contribution in [-0.2, 0) is 11.2 Å². The largest absolute Gasteiger partial charge is 0.496 e. The van der Waals surface area contributed by atoms with Gasteiger partial charge < -0.3 is 10.1 Å². The van der Waals surface area contributed by atoms with Gasteiger partial charge in [-0.05, 0) is 36.7 Å². The first kappa shape index (κ1) is 12.1. The first-order chi connectivity index (χ1) is 8.29. The van der Waals surface area contributed by atoms with Crippen LogP contribution < -0.4 is 5.32 Å². The Bertz CT molecular complexity index is 386. The highest BCUT2D eigenvalue weighted by Crippen LogP contribution is 2.17. The van der Waals surface area contributed by atoms with Gasteiger partial charge >= 0.3 is 0 Å². The van der Waals surface area contributed by atoms with Gasteiger partial charge in [-0.1, -0.05) is 19.1 Å². The Morgan fingerprint density at radius 3 is 2.71 bits per heavy atom. The third-order valence-electron chi connectivity index (χ3n) is 2.88. The summed E-state index contributed by atoms with van der Waals surface area (Å²) in [5.41, 5.74) is 1.12. The van der Waals surface area contributed by atoms with Crippen molar-refractivity contribution in [3.05, 3.63) is 47.5 Å². The highest BCUT2D eigenvalue weighted by Gasteiger charge is 2.18. The molecule has 0 fully saturated rings. The molecule has 2 nitrogen and oxygen atoms in total. The minimum atomic E-state index is -0.190. The maximum Gasteiger partial charge on any atom is 0.123 e. The van der Waals surface area contributed by atoms with Crippen LogP contribution in [0.2, 0.25) is 0 Å². The van der Waals surface area contributed by atoms with E-state index in [0.29, 0.717) is 0 Å². The molecule has 1 atom stereocenters. The van der Waals surface area contributed by atoms with Crippen LogP contribution in [0.3, 0.4) is 0 Å². The van der Waals surface area contributed by atoms with E-state index in [4.69, 9.17) is 4.74 Å². The topological polar surface area (TPSA) is 21.3 Å². The van der Waals surface area contributed by atoms with E-state index < -0.39 is 0 Å². The second-order valence-corrected chi connectivity index (χ2v) is 4.18. The number of hydrogen-bond acceptors (Lipinski definition) is 2. The molecule has 0 spiro atoms. The van der Waals surface area contributed by atoms with Gasteiger partial charge in [0, 0.05) is 6.42 Å². The fourth-order valence-electron chi connectivity index (χ4n) is 2.06. The van der Waals surface area contributed by atoms with Crippen LogP contribution in [0.4, 0.5) is 4.39 Å². The minimum absolute atomic E-state index is 0.190. The Morgan fingerprint density at radius 2 is 2.12 bits per heavy atom. The van der Waals surface area contributed by atoms with Crippen LogP contribution >= 0.6 is 0 Å². The molecule has 0 aliphatic carbocycles. The SMILES string of the molecule is CCNC(Cc1ccc(F)cc1)C1=CCCO1. The fourth-order valence-corrected chi connectivity index (χ4v) is 2.06. The standard InChI is InChI=1S/C14H18FNO/c1-2-16-13(14-4-3-9-17-14)10-11-5-7-12(15)8-6-11/h4-8,13,16H,2-3,9-10H2,1H3. The average Bonchev–Trinajstić information content (AvgIpc) is 2.85. The predicted octanol–water partition coefficient (Wildman–Crippen LogP) is 2.65. The number of halogens is 1. The summed E-state index contributed by atoms with van der Waals surface area (Å²) in [6.07, 6.45) is 3.96. The number of rotatable bonds is 5. The zero-order chi connectivity index (χ0) is 12.1. The molecule has 0 saturated heterocycles. The van der Waals surface area contributed by atoms with E-state index in [-0.39, 0.29) is 11.9 Å². The van der Waals surface area contributed by atoms with E-state index in [9.17, 15) is 4.39 Å². The molecule has 1 aromatic carbocycles. The van der Waals surface area contributed by atoms with Crippen molar-refractivity contribution >= 4 is 0 Å². The lowest BCUT2D eigenvalue weighted by Gasteiger charge is -2.19. The zero-order valence-corrected chi connectivity index (χ0v) is 10.1. The van der Waals surface area contributed by atoms with Crippen LogP contribution in [0.25, 0.3) is 0 Å². The highest BCUT2D eigenvalue weighted by molar-refractivity contribution is 5.20. The van der Waals surface area contributed by atoms with E-state index >= 15 is 0 Å². The molecule has 0 aromatic heterocycles. The van der Waals surface area contributed by atoms with Gasteiger partial charge in [0.25, 0.3) is 0 Å². The molecule has 3 heteroatoms. The van der Waals surface area contributed by atoms with Crippen molar-refractivity contribution in [3.8, 4) is 0 Å². The van der Waals surface area contributed by atoms with Crippen LogP contribution in [0.15, 0.2) is 36.1 Å². The van der Waals surface area contributed by atoms with Gasteiger partial charge in [-0.15, -0.1) is 0 Å². The van der Waals surface area contributed by atoms with Crippen molar-refractivity contribution in [1.82, 2.24) is 5.32 Å². The smallest absolute Gasteiger partial charge is 0.123 e. The Hall–Kier alpha value is -1.35. The summed E-state index contributed by atoms with van der Waals surface area (Å²) in [4.78, 5) is 0. The van der Waals surface area contributed by atoms with Crippen molar-refractivity contribution in [2.75, 3.05) is 13.2 Å². The lowest BCUT2D eigenvalue weighted by Crippen LogP contribution is -2.33.